The number of halogens is 1. The number of aryl methyl sites for hydroxylation is 3. The summed E-state index contributed by atoms with van der Waals surface area (Å²) in [6.45, 7) is 2.08. The van der Waals surface area contributed by atoms with Crippen LogP contribution in [0.5, 0.6) is 0 Å². The fourth-order valence-corrected chi connectivity index (χ4v) is 2.46. The van der Waals surface area contributed by atoms with E-state index in [4.69, 9.17) is 16.7 Å². The highest BCUT2D eigenvalue weighted by Gasteiger charge is 2.15. The van der Waals surface area contributed by atoms with Crippen molar-refractivity contribution in [2.75, 3.05) is 0 Å². The van der Waals surface area contributed by atoms with Gasteiger partial charge in [-0.3, -0.25) is 9.48 Å². The molecule has 20 heavy (non-hydrogen) atoms. The summed E-state index contributed by atoms with van der Waals surface area (Å²) < 4.78 is 1.70. The number of rotatable bonds is 6. The number of aliphatic carboxylic acids is 1. The average Bonchev–Trinajstić information content (AvgIpc) is 2.66. The second kappa shape index (κ2) is 6.17. The van der Waals surface area contributed by atoms with Crippen LogP contribution in [-0.2, 0) is 24.7 Å². The number of carboxylic acids is 1. The van der Waals surface area contributed by atoms with Gasteiger partial charge in [-0.2, -0.15) is 5.10 Å². The average molecular weight is 297 g/mol. The zero-order valence-electron chi connectivity index (χ0n) is 11.6. The molecule has 0 aliphatic heterocycles. The van der Waals surface area contributed by atoms with Crippen LogP contribution in [0.2, 0.25) is 5.15 Å². The Morgan fingerprint density at radius 2 is 2.10 bits per heavy atom. The van der Waals surface area contributed by atoms with Crippen LogP contribution >= 0.6 is 11.6 Å². The molecule has 6 nitrogen and oxygen atoms in total. The van der Waals surface area contributed by atoms with Crippen LogP contribution < -0.4 is 0 Å². The van der Waals surface area contributed by atoms with Crippen molar-refractivity contribution in [1.29, 1.82) is 0 Å². The van der Waals surface area contributed by atoms with Crippen LogP contribution in [0.1, 0.15) is 37.7 Å². The number of hydrogen-bond donors (Lipinski definition) is 1. The fourth-order valence-electron chi connectivity index (χ4n) is 2.15. The van der Waals surface area contributed by atoms with Crippen LogP contribution in [0.3, 0.4) is 0 Å². The van der Waals surface area contributed by atoms with Crippen molar-refractivity contribution in [2.24, 2.45) is 7.05 Å². The molecule has 7 heteroatoms. The van der Waals surface area contributed by atoms with Crippen LogP contribution in [0.25, 0.3) is 11.0 Å². The zero-order valence-corrected chi connectivity index (χ0v) is 12.3. The Morgan fingerprint density at radius 3 is 2.75 bits per heavy atom. The van der Waals surface area contributed by atoms with E-state index in [0.29, 0.717) is 23.8 Å². The summed E-state index contributed by atoms with van der Waals surface area (Å²) >= 11 is 6.19. The number of carbonyl (C=O) groups is 1. The van der Waals surface area contributed by atoms with E-state index in [1.807, 2.05) is 7.05 Å². The maximum atomic E-state index is 10.5. The minimum Gasteiger partial charge on any atom is -0.481 e. The second-order valence-electron chi connectivity index (χ2n) is 4.70. The third-order valence-corrected chi connectivity index (χ3v) is 3.30. The number of carboxylic acid groups (broad SMARTS) is 1. The molecular formula is C13H17ClN4O2. The highest BCUT2D eigenvalue weighted by molar-refractivity contribution is 6.33. The summed E-state index contributed by atoms with van der Waals surface area (Å²) in [7, 11) is 1.82. The van der Waals surface area contributed by atoms with Gasteiger partial charge in [-0.15, -0.1) is 0 Å². The molecule has 0 aliphatic carbocycles. The summed E-state index contributed by atoms with van der Waals surface area (Å²) in [6.07, 6.45) is 2.91. The summed E-state index contributed by atoms with van der Waals surface area (Å²) in [4.78, 5) is 19.3. The fraction of sp³-hybridized carbons (Fsp3) is 0.538. The second-order valence-corrected chi connectivity index (χ2v) is 5.05. The van der Waals surface area contributed by atoms with E-state index in [9.17, 15) is 4.79 Å². The minimum absolute atomic E-state index is 0.105. The first-order chi connectivity index (χ1) is 9.52. The SMILES string of the molecule is CCCc1nn(C)c2c(Cl)nc(CCCC(=O)O)nc12. The molecule has 0 amide bonds. The predicted octanol–water partition coefficient (Wildman–Crippen LogP) is 2.38. The van der Waals surface area contributed by atoms with Gasteiger partial charge in [0.05, 0.1) is 5.69 Å². The van der Waals surface area contributed by atoms with Crippen molar-refractivity contribution in [2.45, 2.75) is 39.0 Å². The quantitative estimate of drug-likeness (QED) is 0.828. The molecule has 2 aromatic heterocycles. The molecule has 2 heterocycles. The maximum absolute atomic E-state index is 10.5. The summed E-state index contributed by atoms with van der Waals surface area (Å²) in [6, 6.07) is 0. The van der Waals surface area contributed by atoms with E-state index in [2.05, 4.69) is 22.0 Å². The van der Waals surface area contributed by atoms with Crippen LogP contribution in [-0.4, -0.2) is 30.8 Å². The molecule has 0 saturated heterocycles. The van der Waals surface area contributed by atoms with Crippen LogP contribution in [0.4, 0.5) is 0 Å². The molecule has 108 valence electrons. The molecule has 0 aliphatic rings. The van der Waals surface area contributed by atoms with Gasteiger partial charge in [-0.1, -0.05) is 24.9 Å². The molecule has 0 atom stereocenters. The van der Waals surface area contributed by atoms with Crippen molar-refractivity contribution in [3.63, 3.8) is 0 Å². The Morgan fingerprint density at radius 1 is 1.35 bits per heavy atom. The molecule has 0 bridgehead atoms. The van der Waals surface area contributed by atoms with Crippen molar-refractivity contribution >= 4 is 28.6 Å². The topological polar surface area (TPSA) is 80.9 Å². The Balaban J connectivity index is 2.34. The monoisotopic (exact) mass is 296 g/mol. The van der Waals surface area contributed by atoms with Gasteiger partial charge in [0.25, 0.3) is 0 Å². The Labute approximate surface area is 121 Å². The smallest absolute Gasteiger partial charge is 0.303 e. The van der Waals surface area contributed by atoms with Gasteiger partial charge in [0, 0.05) is 19.9 Å². The van der Waals surface area contributed by atoms with Crippen LogP contribution in [0, 0.1) is 0 Å². The van der Waals surface area contributed by atoms with Gasteiger partial charge in [-0.05, 0) is 12.8 Å². The molecule has 0 radical (unpaired) electrons. The maximum Gasteiger partial charge on any atom is 0.303 e. The normalized spacial score (nSPS) is 11.2. The predicted molar refractivity (Wildman–Crippen MR) is 75.9 cm³/mol. The lowest BCUT2D eigenvalue weighted by Gasteiger charge is -2.02. The number of aromatic nitrogens is 4. The lowest BCUT2D eigenvalue weighted by Crippen LogP contribution is -2.01. The molecule has 2 rings (SSSR count). The molecular weight excluding hydrogens is 280 g/mol. The Kier molecular flexibility index (Phi) is 4.54. The van der Waals surface area contributed by atoms with Gasteiger partial charge in [0.1, 0.15) is 16.9 Å². The highest BCUT2D eigenvalue weighted by atomic mass is 35.5. The zero-order chi connectivity index (χ0) is 14.7. The van der Waals surface area contributed by atoms with Crippen molar-refractivity contribution < 1.29 is 9.90 Å². The van der Waals surface area contributed by atoms with E-state index in [1.165, 1.54) is 0 Å². The summed E-state index contributed by atoms with van der Waals surface area (Å²) in [5, 5.41) is 13.5. The molecule has 2 aromatic rings. The van der Waals surface area contributed by atoms with Crippen molar-refractivity contribution in [3.8, 4) is 0 Å². The highest BCUT2D eigenvalue weighted by Crippen LogP contribution is 2.24. The lowest BCUT2D eigenvalue weighted by atomic mass is 10.2. The molecule has 0 spiro atoms. The Bertz CT molecular complexity index is 639. The van der Waals surface area contributed by atoms with E-state index in [1.54, 1.807) is 4.68 Å². The molecule has 0 unspecified atom stereocenters. The van der Waals surface area contributed by atoms with Crippen molar-refractivity contribution in [1.82, 2.24) is 19.7 Å². The summed E-state index contributed by atoms with van der Waals surface area (Å²) in [5.74, 6) is -0.237. The van der Waals surface area contributed by atoms with Gasteiger partial charge in [-0.25, -0.2) is 9.97 Å². The minimum atomic E-state index is -0.815. The third-order valence-electron chi connectivity index (χ3n) is 3.03. The van der Waals surface area contributed by atoms with Gasteiger partial charge < -0.3 is 5.11 Å². The third kappa shape index (κ3) is 3.07. The number of fused-ring (bicyclic) bond motifs is 1. The van der Waals surface area contributed by atoms with Crippen LogP contribution in [0.15, 0.2) is 0 Å². The number of nitrogens with zero attached hydrogens (tertiary/aromatic N) is 4. The van der Waals surface area contributed by atoms with Gasteiger partial charge in [0.2, 0.25) is 0 Å². The van der Waals surface area contributed by atoms with Gasteiger partial charge >= 0.3 is 5.97 Å². The summed E-state index contributed by atoms with van der Waals surface area (Å²) in [5.41, 5.74) is 2.42. The van der Waals surface area contributed by atoms with E-state index < -0.39 is 5.97 Å². The van der Waals surface area contributed by atoms with Gasteiger partial charge in [0.15, 0.2) is 5.15 Å². The first-order valence-corrected chi connectivity index (χ1v) is 7.00. The first-order valence-electron chi connectivity index (χ1n) is 6.62. The van der Waals surface area contributed by atoms with E-state index in [-0.39, 0.29) is 6.42 Å². The first kappa shape index (κ1) is 14.7. The lowest BCUT2D eigenvalue weighted by molar-refractivity contribution is -0.137. The molecule has 0 saturated carbocycles. The molecule has 0 aromatic carbocycles. The molecule has 0 fully saturated rings. The van der Waals surface area contributed by atoms with E-state index in [0.717, 1.165) is 29.6 Å². The van der Waals surface area contributed by atoms with Crippen molar-refractivity contribution in [3.05, 3.63) is 16.7 Å². The molecule has 1 N–H and O–H groups in total. The Hall–Kier alpha value is -1.69. The standard InChI is InChI=1S/C13H17ClN4O2/c1-3-5-8-11-12(18(2)17-8)13(14)16-9(15-11)6-4-7-10(19)20/h3-7H2,1-2H3,(H,19,20). The van der Waals surface area contributed by atoms with E-state index >= 15 is 0 Å². The number of hydrogen-bond acceptors (Lipinski definition) is 4. The largest absolute Gasteiger partial charge is 0.481 e.